The van der Waals surface area contributed by atoms with Crippen LogP contribution in [0.2, 0.25) is 0 Å². The van der Waals surface area contributed by atoms with Gasteiger partial charge in [-0.25, -0.2) is 0 Å². The predicted octanol–water partition coefficient (Wildman–Crippen LogP) is 14.8. The van der Waals surface area contributed by atoms with Gasteiger partial charge in [-0.05, 0) is 102 Å². The standard InChI is InChI=1S/C55H50/c1-5-6-7-16-39-29-31-42(32-30-39)53(51-27-14-19-40-17-8-10-25-49(40)51)46-23-12-21-44(37-46)45-22-13-24-47(38-45)54(43-33-35-48(36-34-43)55(2,3)4)52-28-15-20-41-18-9-11-26-50(41)52/h5,8-15,17-38,53-54H,1,6-7,16H2,2-4H3. The van der Waals surface area contributed by atoms with Crippen LogP contribution in [-0.2, 0) is 11.8 Å². The van der Waals surface area contributed by atoms with Crippen molar-refractivity contribution in [3.05, 3.63) is 239 Å². The largest absolute Gasteiger partial charge is 0.103 e. The monoisotopic (exact) mass is 710 g/mol. The Balaban J connectivity index is 1.23. The molecule has 0 aliphatic rings. The molecule has 0 fully saturated rings. The lowest BCUT2D eigenvalue weighted by molar-refractivity contribution is 0.590. The Morgan fingerprint density at radius 2 is 0.927 bits per heavy atom. The second kappa shape index (κ2) is 15.8. The fourth-order valence-corrected chi connectivity index (χ4v) is 8.41. The molecule has 0 aliphatic carbocycles. The molecule has 55 heavy (non-hydrogen) atoms. The third-order valence-electron chi connectivity index (χ3n) is 11.3. The lowest BCUT2D eigenvalue weighted by Gasteiger charge is -2.24. The highest BCUT2D eigenvalue weighted by atomic mass is 14.3. The molecular weight excluding hydrogens is 661 g/mol. The number of hydrogen-bond donors (Lipinski definition) is 0. The van der Waals surface area contributed by atoms with E-state index in [0.29, 0.717) is 0 Å². The molecule has 8 aromatic rings. The molecule has 8 aromatic carbocycles. The summed E-state index contributed by atoms with van der Waals surface area (Å²) in [5.74, 6) is 0.165. The molecule has 0 aliphatic heterocycles. The summed E-state index contributed by atoms with van der Waals surface area (Å²) in [5, 5.41) is 5.13. The van der Waals surface area contributed by atoms with Crippen molar-refractivity contribution < 1.29 is 0 Å². The Labute approximate surface area is 327 Å². The Hall–Kier alpha value is -5.98. The third kappa shape index (κ3) is 7.69. The summed E-state index contributed by atoms with van der Waals surface area (Å²) in [6, 6.07) is 68.3. The molecule has 0 N–H and O–H groups in total. The number of aryl methyl sites for hydroxylation is 1. The smallest absolute Gasteiger partial charge is 0.0346 e. The van der Waals surface area contributed by atoms with Crippen LogP contribution in [0.4, 0.5) is 0 Å². The molecule has 0 heteroatoms. The first-order chi connectivity index (χ1) is 26.9. The van der Waals surface area contributed by atoms with Gasteiger partial charge in [0.1, 0.15) is 0 Å². The van der Waals surface area contributed by atoms with Crippen molar-refractivity contribution >= 4 is 21.5 Å². The summed E-state index contributed by atoms with van der Waals surface area (Å²) < 4.78 is 0. The molecule has 0 spiro atoms. The van der Waals surface area contributed by atoms with Gasteiger partial charge in [0.2, 0.25) is 0 Å². The van der Waals surface area contributed by atoms with Crippen LogP contribution in [0.5, 0.6) is 0 Å². The van der Waals surface area contributed by atoms with Gasteiger partial charge < -0.3 is 0 Å². The van der Waals surface area contributed by atoms with Crippen LogP contribution in [0.1, 0.15) is 90.0 Å². The van der Waals surface area contributed by atoms with Crippen LogP contribution in [-0.4, -0.2) is 0 Å². The van der Waals surface area contributed by atoms with E-state index >= 15 is 0 Å². The number of unbranched alkanes of at least 4 members (excludes halogenated alkanes) is 1. The second-order valence-electron chi connectivity index (χ2n) is 16.0. The van der Waals surface area contributed by atoms with Crippen molar-refractivity contribution in [1.82, 2.24) is 0 Å². The number of hydrogen-bond acceptors (Lipinski definition) is 0. The number of allylic oxidation sites excluding steroid dienone is 1. The Bertz CT molecular complexity index is 2550. The fraction of sp³-hybridized carbons (Fsp3) is 0.164. The van der Waals surface area contributed by atoms with E-state index < -0.39 is 0 Å². The fourth-order valence-electron chi connectivity index (χ4n) is 8.41. The van der Waals surface area contributed by atoms with Crippen molar-refractivity contribution in [2.45, 2.75) is 57.3 Å². The summed E-state index contributed by atoms with van der Waals surface area (Å²) in [4.78, 5) is 0. The van der Waals surface area contributed by atoms with Crippen molar-refractivity contribution in [2.24, 2.45) is 0 Å². The lowest BCUT2D eigenvalue weighted by atomic mass is 9.79. The number of fused-ring (bicyclic) bond motifs is 2. The molecule has 0 amide bonds. The molecule has 8 rings (SSSR count). The van der Waals surface area contributed by atoms with Crippen LogP contribution in [0.15, 0.2) is 195 Å². The van der Waals surface area contributed by atoms with Crippen LogP contribution in [0.3, 0.4) is 0 Å². The van der Waals surface area contributed by atoms with Crippen LogP contribution in [0, 0.1) is 0 Å². The first-order valence-electron chi connectivity index (χ1n) is 19.8. The maximum atomic E-state index is 3.91. The zero-order valence-electron chi connectivity index (χ0n) is 32.4. The van der Waals surface area contributed by atoms with Gasteiger partial charge in [-0.2, -0.15) is 0 Å². The van der Waals surface area contributed by atoms with E-state index in [0.717, 1.165) is 19.3 Å². The van der Waals surface area contributed by atoms with Crippen molar-refractivity contribution in [3.63, 3.8) is 0 Å². The van der Waals surface area contributed by atoms with E-state index in [-0.39, 0.29) is 17.3 Å². The molecule has 0 nitrogen and oxygen atoms in total. The van der Waals surface area contributed by atoms with E-state index in [4.69, 9.17) is 0 Å². The summed E-state index contributed by atoms with van der Waals surface area (Å²) in [6.45, 7) is 10.8. The van der Waals surface area contributed by atoms with Crippen molar-refractivity contribution in [1.29, 1.82) is 0 Å². The summed E-state index contributed by atoms with van der Waals surface area (Å²) in [7, 11) is 0. The lowest BCUT2D eigenvalue weighted by Crippen LogP contribution is -2.11. The number of benzene rings is 8. The maximum Gasteiger partial charge on any atom is 0.0346 e. The molecule has 0 aromatic heterocycles. The molecular formula is C55H50. The highest BCUT2D eigenvalue weighted by Crippen LogP contribution is 2.41. The van der Waals surface area contributed by atoms with Gasteiger partial charge in [-0.1, -0.05) is 209 Å². The molecule has 270 valence electrons. The zero-order valence-corrected chi connectivity index (χ0v) is 32.4. The highest BCUT2D eigenvalue weighted by molar-refractivity contribution is 5.88. The van der Waals surface area contributed by atoms with Crippen LogP contribution >= 0.6 is 0 Å². The Morgan fingerprint density at radius 3 is 1.42 bits per heavy atom. The normalized spacial score (nSPS) is 12.8. The second-order valence-corrected chi connectivity index (χ2v) is 16.0. The van der Waals surface area contributed by atoms with Crippen LogP contribution < -0.4 is 0 Å². The molecule has 0 radical (unpaired) electrons. The first-order valence-corrected chi connectivity index (χ1v) is 19.8. The van der Waals surface area contributed by atoms with E-state index in [1.807, 2.05) is 6.08 Å². The van der Waals surface area contributed by atoms with Gasteiger partial charge >= 0.3 is 0 Å². The minimum Gasteiger partial charge on any atom is -0.103 e. The van der Waals surface area contributed by atoms with Gasteiger partial charge in [-0.3, -0.25) is 0 Å². The van der Waals surface area contributed by atoms with Gasteiger partial charge in [0, 0.05) is 11.8 Å². The average molecular weight is 711 g/mol. The van der Waals surface area contributed by atoms with E-state index in [1.165, 1.54) is 77.2 Å². The van der Waals surface area contributed by atoms with E-state index in [2.05, 4.69) is 209 Å². The SMILES string of the molecule is C=CCCCc1ccc(C(c2cccc(-c3cccc(C(c4ccc(C(C)(C)C)cc4)c4cccc5ccccc45)c3)c2)c2cccc3ccccc23)cc1. The molecule has 0 saturated heterocycles. The Kier molecular flexibility index (Phi) is 10.3. The summed E-state index contributed by atoms with van der Waals surface area (Å²) in [6.07, 6.45) is 5.25. The quantitative estimate of drug-likeness (QED) is 0.0712. The molecule has 0 heterocycles. The van der Waals surface area contributed by atoms with Gasteiger partial charge in [0.15, 0.2) is 0 Å². The summed E-state index contributed by atoms with van der Waals surface area (Å²) >= 11 is 0. The molecule has 0 bridgehead atoms. The van der Waals surface area contributed by atoms with Gasteiger partial charge in [0.05, 0.1) is 0 Å². The topological polar surface area (TPSA) is 0 Å². The molecule has 0 saturated carbocycles. The summed E-state index contributed by atoms with van der Waals surface area (Å²) in [5.41, 5.74) is 13.1. The maximum absolute atomic E-state index is 3.91. The Morgan fingerprint density at radius 1 is 0.473 bits per heavy atom. The van der Waals surface area contributed by atoms with Crippen molar-refractivity contribution in [2.75, 3.05) is 0 Å². The zero-order chi connectivity index (χ0) is 37.8. The number of rotatable bonds is 11. The minimum atomic E-state index is 0.0803. The van der Waals surface area contributed by atoms with E-state index in [1.54, 1.807) is 0 Å². The molecule has 2 atom stereocenters. The first kappa shape index (κ1) is 36.0. The van der Waals surface area contributed by atoms with E-state index in [9.17, 15) is 0 Å². The van der Waals surface area contributed by atoms with Crippen LogP contribution in [0.25, 0.3) is 32.7 Å². The highest BCUT2D eigenvalue weighted by Gasteiger charge is 2.23. The third-order valence-corrected chi connectivity index (χ3v) is 11.3. The van der Waals surface area contributed by atoms with Gasteiger partial charge in [0.25, 0.3) is 0 Å². The predicted molar refractivity (Wildman–Crippen MR) is 236 cm³/mol. The van der Waals surface area contributed by atoms with Crippen molar-refractivity contribution in [3.8, 4) is 11.1 Å². The molecule has 2 unspecified atom stereocenters. The minimum absolute atomic E-state index is 0.0803. The van der Waals surface area contributed by atoms with Gasteiger partial charge in [-0.15, -0.1) is 6.58 Å². The average Bonchev–Trinajstić information content (AvgIpc) is 3.22.